The summed E-state index contributed by atoms with van der Waals surface area (Å²) in [6.07, 6.45) is 1.85. The highest BCUT2D eigenvalue weighted by Gasteiger charge is 2.18. The maximum absolute atomic E-state index is 12.6. The summed E-state index contributed by atoms with van der Waals surface area (Å²) in [5, 5.41) is 6.21. The monoisotopic (exact) mass is 339 g/mol. The van der Waals surface area contributed by atoms with E-state index < -0.39 is 11.9 Å². The Morgan fingerprint density at radius 3 is 2.44 bits per heavy atom. The van der Waals surface area contributed by atoms with Gasteiger partial charge >= 0.3 is 0 Å². The quantitative estimate of drug-likeness (QED) is 0.690. The third-order valence-electron chi connectivity index (χ3n) is 4.02. The maximum Gasteiger partial charge on any atom is 0.248 e. The molecule has 5 nitrogen and oxygen atoms in total. The van der Waals surface area contributed by atoms with Crippen molar-refractivity contribution >= 4 is 17.5 Å². The molecule has 0 bridgehead atoms. The predicted molar refractivity (Wildman–Crippen MR) is 100 cm³/mol. The summed E-state index contributed by atoms with van der Waals surface area (Å²) in [4.78, 5) is 23.8. The van der Waals surface area contributed by atoms with Gasteiger partial charge < -0.3 is 16.4 Å². The predicted octanol–water partition coefficient (Wildman–Crippen LogP) is 3.24. The van der Waals surface area contributed by atoms with Crippen molar-refractivity contribution in [2.45, 2.75) is 38.8 Å². The van der Waals surface area contributed by atoms with E-state index in [2.05, 4.69) is 17.6 Å². The Morgan fingerprint density at radius 2 is 1.80 bits per heavy atom. The van der Waals surface area contributed by atoms with Crippen molar-refractivity contribution in [3.05, 3.63) is 65.7 Å². The zero-order valence-corrected chi connectivity index (χ0v) is 14.7. The average Bonchev–Trinajstić information content (AvgIpc) is 2.62. The number of rotatable bonds is 8. The molecule has 25 heavy (non-hydrogen) atoms. The average molecular weight is 339 g/mol. The minimum absolute atomic E-state index is 0.0140. The Hall–Kier alpha value is -2.82. The van der Waals surface area contributed by atoms with E-state index in [1.54, 1.807) is 31.2 Å². The first kappa shape index (κ1) is 18.5. The minimum atomic E-state index is -0.493. The van der Waals surface area contributed by atoms with Crippen LogP contribution in [0.5, 0.6) is 0 Å². The van der Waals surface area contributed by atoms with E-state index in [1.807, 2.05) is 30.3 Å². The number of hydrogen-bond donors (Lipinski definition) is 3. The van der Waals surface area contributed by atoms with Crippen LogP contribution in [-0.2, 0) is 4.79 Å². The highest BCUT2D eigenvalue weighted by molar-refractivity contribution is 5.94. The standard InChI is InChI=1S/C20H25N3O2/c1-3-8-18(15-9-5-4-6-10-15)23-20(25)14(2)22-17-12-7-11-16(13-17)19(21)24/h4-7,9-14,18,22H,3,8H2,1-2H3,(H2,21,24)(H,23,25). The van der Waals surface area contributed by atoms with Crippen molar-refractivity contribution in [1.82, 2.24) is 5.32 Å². The maximum atomic E-state index is 12.6. The normalized spacial score (nSPS) is 12.9. The van der Waals surface area contributed by atoms with E-state index in [-0.39, 0.29) is 11.9 Å². The van der Waals surface area contributed by atoms with Crippen LogP contribution in [0, 0.1) is 0 Å². The second-order valence-electron chi connectivity index (χ2n) is 6.07. The van der Waals surface area contributed by atoms with Gasteiger partial charge in [-0.15, -0.1) is 0 Å². The van der Waals surface area contributed by atoms with Crippen molar-refractivity contribution in [3.63, 3.8) is 0 Å². The molecule has 2 aromatic carbocycles. The van der Waals surface area contributed by atoms with Gasteiger partial charge in [0, 0.05) is 11.3 Å². The Labute approximate surface area is 148 Å². The van der Waals surface area contributed by atoms with Gasteiger partial charge in [-0.1, -0.05) is 49.7 Å². The van der Waals surface area contributed by atoms with Crippen LogP contribution in [0.1, 0.15) is 48.7 Å². The summed E-state index contributed by atoms with van der Waals surface area (Å²) in [6, 6.07) is 16.3. The fraction of sp³-hybridized carbons (Fsp3) is 0.300. The molecular formula is C20H25N3O2. The number of hydrogen-bond acceptors (Lipinski definition) is 3. The number of amides is 2. The summed E-state index contributed by atoms with van der Waals surface area (Å²) in [5.74, 6) is -0.584. The van der Waals surface area contributed by atoms with Gasteiger partial charge in [0.25, 0.3) is 0 Å². The fourth-order valence-electron chi connectivity index (χ4n) is 2.67. The van der Waals surface area contributed by atoms with Crippen molar-refractivity contribution in [3.8, 4) is 0 Å². The highest BCUT2D eigenvalue weighted by Crippen LogP contribution is 2.19. The Morgan fingerprint density at radius 1 is 1.08 bits per heavy atom. The van der Waals surface area contributed by atoms with Crippen LogP contribution in [0.25, 0.3) is 0 Å². The number of anilines is 1. The van der Waals surface area contributed by atoms with Crippen LogP contribution in [0.3, 0.4) is 0 Å². The molecule has 2 rings (SSSR count). The SMILES string of the molecule is CCCC(NC(=O)C(C)Nc1cccc(C(N)=O)c1)c1ccccc1. The summed E-state index contributed by atoms with van der Waals surface area (Å²) in [7, 11) is 0. The van der Waals surface area contributed by atoms with Crippen LogP contribution < -0.4 is 16.4 Å². The second-order valence-corrected chi connectivity index (χ2v) is 6.07. The molecule has 5 heteroatoms. The molecule has 2 amide bonds. The number of carbonyl (C=O) groups excluding carboxylic acids is 2. The zero-order chi connectivity index (χ0) is 18.2. The summed E-state index contributed by atoms with van der Waals surface area (Å²) < 4.78 is 0. The van der Waals surface area contributed by atoms with Gasteiger partial charge in [0.1, 0.15) is 6.04 Å². The number of nitrogens with one attached hydrogen (secondary N) is 2. The molecule has 0 aliphatic carbocycles. The van der Waals surface area contributed by atoms with Crippen molar-refractivity contribution < 1.29 is 9.59 Å². The molecule has 0 aliphatic heterocycles. The van der Waals surface area contributed by atoms with E-state index in [9.17, 15) is 9.59 Å². The van der Waals surface area contributed by atoms with E-state index in [0.717, 1.165) is 18.4 Å². The van der Waals surface area contributed by atoms with Gasteiger partial charge in [0.2, 0.25) is 11.8 Å². The second kappa shape index (κ2) is 8.87. The van der Waals surface area contributed by atoms with Crippen LogP contribution >= 0.6 is 0 Å². The van der Waals surface area contributed by atoms with Crippen LogP contribution in [-0.4, -0.2) is 17.9 Å². The molecule has 0 heterocycles. The number of primary amides is 1. The molecule has 132 valence electrons. The van der Waals surface area contributed by atoms with E-state index in [4.69, 9.17) is 5.73 Å². The van der Waals surface area contributed by atoms with Crippen molar-refractivity contribution in [2.24, 2.45) is 5.73 Å². The van der Waals surface area contributed by atoms with Crippen molar-refractivity contribution in [1.29, 1.82) is 0 Å². The molecule has 2 aromatic rings. The molecule has 0 spiro atoms. The molecule has 0 aromatic heterocycles. The largest absolute Gasteiger partial charge is 0.374 e. The molecule has 4 N–H and O–H groups in total. The lowest BCUT2D eigenvalue weighted by atomic mass is 10.0. The topological polar surface area (TPSA) is 84.2 Å². The lowest BCUT2D eigenvalue weighted by Crippen LogP contribution is -2.39. The number of carbonyl (C=O) groups is 2. The molecule has 0 radical (unpaired) electrons. The molecule has 2 atom stereocenters. The van der Waals surface area contributed by atoms with Gasteiger partial charge in [0.15, 0.2) is 0 Å². The highest BCUT2D eigenvalue weighted by atomic mass is 16.2. The fourth-order valence-corrected chi connectivity index (χ4v) is 2.67. The summed E-state index contributed by atoms with van der Waals surface area (Å²) >= 11 is 0. The molecule has 2 unspecified atom stereocenters. The molecular weight excluding hydrogens is 314 g/mol. The Balaban J connectivity index is 2.03. The van der Waals surface area contributed by atoms with E-state index in [1.165, 1.54) is 0 Å². The first-order chi connectivity index (χ1) is 12.0. The van der Waals surface area contributed by atoms with Gasteiger partial charge in [-0.3, -0.25) is 9.59 Å². The summed E-state index contributed by atoms with van der Waals surface area (Å²) in [5.41, 5.74) is 7.48. The van der Waals surface area contributed by atoms with Crippen LogP contribution in [0.2, 0.25) is 0 Å². The summed E-state index contributed by atoms with van der Waals surface area (Å²) in [6.45, 7) is 3.89. The van der Waals surface area contributed by atoms with Gasteiger partial charge in [-0.2, -0.15) is 0 Å². The van der Waals surface area contributed by atoms with Crippen molar-refractivity contribution in [2.75, 3.05) is 5.32 Å². The molecule has 0 saturated carbocycles. The number of benzene rings is 2. The van der Waals surface area contributed by atoms with Crippen LogP contribution in [0.15, 0.2) is 54.6 Å². The Bertz CT molecular complexity index is 716. The van der Waals surface area contributed by atoms with Crippen LogP contribution in [0.4, 0.5) is 5.69 Å². The lowest BCUT2D eigenvalue weighted by molar-refractivity contribution is -0.122. The van der Waals surface area contributed by atoms with E-state index in [0.29, 0.717) is 11.3 Å². The number of nitrogens with two attached hydrogens (primary N) is 1. The zero-order valence-electron chi connectivity index (χ0n) is 14.7. The minimum Gasteiger partial charge on any atom is -0.374 e. The molecule has 0 aliphatic rings. The smallest absolute Gasteiger partial charge is 0.248 e. The van der Waals surface area contributed by atoms with Gasteiger partial charge in [0.05, 0.1) is 6.04 Å². The van der Waals surface area contributed by atoms with Gasteiger partial charge in [-0.25, -0.2) is 0 Å². The van der Waals surface area contributed by atoms with Gasteiger partial charge in [-0.05, 0) is 37.1 Å². The third kappa shape index (κ3) is 5.35. The first-order valence-electron chi connectivity index (χ1n) is 8.53. The lowest BCUT2D eigenvalue weighted by Gasteiger charge is -2.22. The van der Waals surface area contributed by atoms with E-state index >= 15 is 0 Å². The third-order valence-corrected chi connectivity index (χ3v) is 4.02. The molecule has 0 fully saturated rings. The molecule has 0 saturated heterocycles. The first-order valence-corrected chi connectivity index (χ1v) is 8.53. The Kier molecular flexibility index (Phi) is 6.57.